The van der Waals surface area contributed by atoms with Gasteiger partial charge in [0, 0.05) is 25.3 Å². The molecule has 0 amide bonds. The number of pyridine rings is 1. The number of nitrogens with zero attached hydrogens (tertiary/aromatic N) is 1. The largest absolute Gasteiger partial charge is 0.378 e. The number of nitrogens with one attached hydrogen (secondary N) is 2. The van der Waals surface area contributed by atoms with Crippen molar-refractivity contribution in [1.29, 1.82) is 0 Å². The summed E-state index contributed by atoms with van der Waals surface area (Å²) in [5, 5.41) is 6.63. The first-order valence-corrected chi connectivity index (χ1v) is 4.91. The number of hydrogen-bond acceptors (Lipinski definition) is 4. The highest BCUT2D eigenvalue weighted by Crippen LogP contribution is 2.00. The molecule has 1 aromatic heterocycles. The van der Waals surface area contributed by atoms with E-state index in [0.717, 1.165) is 32.1 Å². The van der Waals surface area contributed by atoms with E-state index in [1.807, 2.05) is 18.2 Å². The third kappa shape index (κ3) is 2.68. The summed E-state index contributed by atoms with van der Waals surface area (Å²) in [5.41, 5.74) is 0. The Balaban J connectivity index is 1.76. The second-order valence-electron chi connectivity index (χ2n) is 3.32. The monoisotopic (exact) mass is 193 g/mol. The van der Waals surface area contributed by atoms with Crippen molar-refractivity contribution in [2.75, 3.05) is 31.6 Å². The van der Waals surface area contributed by atoms with Gasteiger partial charge in [0.05, 0.1) is 13.2 Å². The minimum atomic E-state index is 0.394. The molecule has 0 spiro atoms. The molecule has 1 aliphatic heterocycles. The van der Waals surface area contributed by atoms with Gasteiger partial charge in [0.15, 0.2) is 0 Å². The van der Waals surface area contributed by atoms with Crippen LogP contribution in [-0.4, -0.2) is 37.3 Å². The molecule has 0 bridgehead atoms. The van der Waals surface area contributed by atoms with Gasteiger partial charge in [0.2, 0.25) is 0 Å². The highest BCUT2D eigenvalue weighted by atomic mass is 16.5. The third-order valence-electron chi connectivity index (χ3n) is 2.19. The summed E-state index contributed by atoms with van der Waals surface area (Å²) < 4.78 is 5.35. The van der Waals surface area contributed by atoms with Crippen molar-refractivity contribution in [1.82, 2.24) is 10.3 Å². The van der Waals surface area contributed by atoms with Crippen LogP contribution in [0.15, 0.2) is 24.4 Å². The van der Waals surface area contributed by atoms with Crippen LogP contribution in [0.5, 0.6) is 0 Å². The number of rotatable bonds is 3. The van der Waals surface area contributed by atoms with E-state index >= 15 is 0 Å². The first-order chi connectivity index (χ1) is 6.95. The molecule has 2 heterocycles. The van der Waals surface area contributed by atoms with E-state index in [1.165, 1.54) is 0 Å². The molecule has 4 nitrogen and oxygen atoms in total. The van der Waals surface area contributed by atoms with E-state index < -0.39 is 0 Å². The van der Waals surface area contributed by atoms with E-state index in [1.54, 1.807) is 6.20 Å². The lowest BCUT2D eigenvalue weighted by molar-refractivity contribution is 0.0806. The number of ether oxygens (including phenoxy) is 1. The Morgan fingerprint density at radius 3 is 3.29 bits per heavy atom. The lowest BCUT2D eigenvalue weighted by Gasteiger charge is -2.24. The van der Waals surface area contributed by atoms with Crippen LogP contribution in [0, 0.1) is 0 Å². The van der Waals surface area contributed by atoms with Crippen LogP contribution in [-0.2, 0) is 4.74 Å². The molecule has 14 heavy (non-hydrogen) atoms. The number of anilines is 1. The molecule has 1 aliphatic rings. The Bertz CT molecular complexity index is 259. The van der Waals surface area contributed by atoms with Gasteiger partial charge in [-0.2, -0.15) is 0 Å². The van der Waals surface area contributed by atoms with Gasteiger partial charge in [-0.15, -0.1) is 0 Å². The van der Waals surface area contributed by atoms with Gasteiger partial charge in [-0.1, -0.05) is 6.07 Å². The van der Waals surface area contributed by atoms with Gasteiger partial charge < -0.3 is 15.4 Å². The van der Waals surface area contributed by atoms with Crippen molar-refractivity contribution >= 4 is 5.82 Å². The second kappa shape index (κ2) is 4.93. The van der Waals surface area contributed by atoms with E-state index in [0.29, 0.717) is 6.04 Å². The van der Waals surface area contributed by atoms with E-state index in [2.05, 4.69) is 15.6 Å². The number of aromatic nitrogens is 1. The zero-order valence-electron chi connectivity index (χ0n) is 8.07. The van der Waals surface area contributed by atoms with Gasteiger partial charge in [-0.05, 0) is 12.1 Å². The first kappa shape index (κ1) is 9.43. The van der Waals surface area contributed by atoms with Crippen LogP contribution in [0.4, 0.5) is 5.82 Å². The van der Waals surface area contributed by atoms with Gasteiger partial charge in [0.1, 0.15) is 5.82 Å². The summed E-state index contributed by atoms with van der Waals surface area (Å²) in [6, 6.07) is 6.24. The van der Waals surface area contributed by atoms with Crippen molar-refractivity contribution in [3.05, 3.63) is 24.4 Å². The summed E-state index contributed by atoms with van der Waals surface area (Å²) in [6.45, 7) is 3.39. The quantitative estimate of drug-likeness (QED) is 0.733. The van der Waals surface area contributed by atoms with Crippen molar-refractivity contribution in [2.45, 2.75) is 6.04 Å². The molecule has 0 aromatic carbocycles. The summed E-state index contributed by atoms with van der Waals surface area (Å²) in [6.07, 6.45) is 1.78. The molecular weight excluding hydrogens is 178 g/mol. The molecule has 1 unspecified atom stereocenters. The molecule has 2 N–H and O–H groups in total. The predicted octanol–water partition coefficient (Wildman–Crippen LogP) is 0.482. The summed E-state index contributed by atoms with van der Waals surface area (Å²) in [4.78, 5) is 4.18. The minimum Gasteiger partial charge on any atom is -0.378 e. The average Bonchev–Trinajstić information content (AvgIpc) is 2.29. The van der Waals surface area contributed by atoms with Crippen LogP contribution in [0.3, 0.4) is 0 Å². The van der Waals surface area contributed by atoms with E-state index in [4.69, 9.17) is 4.74 Å². The maximum Gasteiger partial charge on any atom is 0.125 e. The lowest BCUT2D eigenvalue weighted by atomic mass is 10.3. The Morgan fingerprint density at radius 2 is 2.57 bits per heavy atom. The standard InChI is InChI=1S/C10H15N3O/c1-2-4-12-10(3-1)13-7-9-8-14-6-5-11-9/h1-4,9,11H,5-8H2,(H,12,13). The normalized spacial score (nSPS) is 21.9. The molecule has 0 aliphatic carbocycles. The number of morpholine rings is 1. The minimum absolute atomic E-state index is 0.394. The van der Waals surface area contributed by atoms with E-state index in [-0.39, 0.29) is 0 Å². The smallest absolute Gasteiger partial charge is 0.125 e. The Hall–Kier alpha value is -1.13. The van der Waals surface area contributed by atoms with E-state index in [9.17, 15) is 0 Å². The SMILES string of the molecule is c1ccc(NCC2COCCN2)nc1. The average molecular weight is 193 g/mol. The molecule has 1 aromatic rings. The molecule has 1 saturated heterocycles. The summed E-state index contributed by atoms with van der Waals surface area (Å²) in [5.74, 6) is 0.917. The molecule has 2 rings (SSSR count). The Labute approximate surface area is 83.7 Å². The van der Waals surface area contributed by atoms with Crippen LogP contribution in [0.2, 0.25) is 0 Å². The molecular formula is C10H15N3O. The first-order valence-electron chi connectivity index (χ1n) is 4.91. The van der Waals surface area contributed by atoms with Crippen molar-refractivity contribution < 1.29 is 4.74 Å². The van der Waals surface area contributed by atoms with Gasteiger partial charge in [0.25, 0.3) is 0 Å². The number of hydrogen-bond donors (Lipinski definition) is 2. The Morgan fingerprint density at radius 1 is 1.57 bits per heavy atom. The zero-order chi connectivity index (χ0) is 9.64. The summed E-state index contributed by atoms with van der Waals surface area (Å²) >= 11 is 0. The molecule has 0 saturated carbocycles. The lowest BCUT2D eigenvalue weighted by Crippen LogP contribution is -2.45. The van der Waals surface area contributed by atoms with Crippen LogP contribution >= 0.6 is 0 Å². The molecule has 0 radical (unpaired) electrons. The molecule has 1 atom stereocenters. The zero-order valence-corrected chi connectivity index (χ0v) is 8.07. The maximum atomic E-state index is 5.35. The highest BCUT2D eigenvalue weighted by molar-refractivity contribution is 5.33. The second-order valence-corrected chi connectivity index (χ2v) is 3.32. The molecule has 76 valence electrons. The fraction of sp³-hybridized carbons (Fsp3) is 0.500. The Kier molecular flexibility index (Phi) is 3.32. The fourth-order valence-electron chi connectivity index (χ4n) is 1.45. The van der Waals surface area contributed by atoms with Crippen LogP contribution in [0.25, 0.3) is 0 Å². The fourth-order valence-corrected chi connectivity index (χ4v) is 1.45. The predicted molar refractivity (Wildman–Crippen MR) is 55.3 cm³/mol. The van der Waals surface area contributed by atoms with Crippen LogP contribution < -0.4 is 10.6 Å². The molecule has 1 fully saturated rings. The van der Waals surface area contributed by atoms with Gasteiger partial charge in [-0.25, -0.2) is 4.98 Å². The van der Waals surface area contributed by atoms with Gasteiger partial charge >= 0.3 is 0 Å². The molecule has 4 heteroatoms. The van der Waals surface area contributed by atoms with Gasteiger partial charge in [-0.3, -0.25) is 0 Å². The highest BCUT2D eigenvalue weighted by Gasteiger charge is 2.11. The van der Waals surface area contributed by atoms with Crippen molar-refractivity contribution in [3.63, 3.8) is 0 Å². The van der Waals surface area contributed by atoms with Crippen molar-refractivity contribution in [2.24, 2.45) is 0 Å². The maximum absolute atomic E-state index is 5.35. The summed E-state index contributed by atoms with van der Waals surface area (Å²) in [7, 11) is 0. The third-order valence-corrected chi connectivity index (χ3v) is 2.19. The van der Waals surface area contributed by atoms with Crippen LogP contribution in [0.1, 0.15) is 0 Å². The van der Waals surface area contributed by atoms with Crippen molar-refractivity contribution in [3.8, 4) is 0 Å². The topological polar surface area (TPSA) is 46.2 Å².